The Hall–Kier alpha value is -3.24. The average molecular weight is 520 g/mol. The van der Waals surface area contributed by atoms with Crippen LogP contribution in [0.2, 0.25) is 0 Å². The van der Waals surface area contributed by atoms with Crippen LogP contribution in [0.3, 0.4) is 0 Å². The molecular formula is C28H33N5O3S. The number of hydrogen-bond acceptors (Lipinski definition) is 7. The zero-order valence-corrected chi connectivity index (χ0v) is 21.9. The molecule has 37 heavy (non-hydrogen) atoms. The van der Waals surface area contributed by atoms with E-state index in [1.165, 1.54) is 0 Å². The van der Waals surface area contributed by atoms with Crippen molar-refractivity contribution in [2.75, 3.05) is 44.6 Å². The Labute approximate surface area is 221 Å². The first-order valence-corrected chi connectivity index (χ1v) is 13.6. The van der Waals surface area contributed by atoms with Gasteiger partial charge in [0.1, 0.15) is 11.6 Å². The van der Waals surface area contributed by atoms with E-state index in [0.29, 0.717) is 0 Å². The number of aliphatic hydroxyl groups excluding tert-OH is 1. The van der Waals surface area contributed by atoms with Crippen molar-refractivity contribution in [3.8, 4) is 10.6 Å². The largest absolute Gasteiger partial charge is 0.444 e. The zero-order valence-electron chi connectivity index (χ0n) is 21.1. The maximum Gasteiger partial charge on any atom is 0.412 e. The van der Waals surface area contributed by atoms with E-state index >= 15 is 0 Å². The number of benzene rings is 2. The fraction of sp³-hybridized carbons (Fsp3) is 0.357. The Morgan fingerprint density at radius 2 is 1.89 bits per heavy atom. The first-order valence-electron chi connectivity index (χ1n) is 12.7. The number of hydrogen-bond donors (Lipinski definition) is 2. The molecule has 4 aromatic rings. The number of aromatic nitrogens is 2. The maximum atomic E-state index is 12.6. The van der Waals surface area contributed by atoms with Crippen molar-refractivity contribution in [3.63, 3.8) is 0 Å². The molecule has 8 nitrogen and oxygen atoms in total. The molecule has 2 N–H and O–H groups in total. The van der Waals surface area contributed by atoms with Gasteiger partial charge >= 0.3 is 6.09 Å². The third-order valence-electron chi connectivity index (χ3n) is 6.74. The highest BCUT2D eigenvalue weighted by Gasteiger charge is 2.18. The Kier molecular flexibility index (Phi) is 8.15. The van der Waals surface area contributed by atoms with Crippen LogP contribution in [-0.2, 0) is 24.4 Å². The summed E-state index contributed by atoms with van der Waals surface area (Å²) < 4.78 is 7.57. The number of anilines is 1. The van der Waals surface area contributed by atoms with Crippen LogP contribution in [0, 0.1) is 0 Å². The van der Waals surface area contributed by atoms with Gasteiger partial charge < -0.3 is 14.4 Å². The molecular weight excluding hydrogens is 486 g/mol. The second-order valence-electron chi connectivity index (χ2n) is 9.23. The summed E-state index contributed by atoms with van der Waals surface area (Å²) in [6.07, 6.45) is 1.49. The number of ether oxygens (including phenoxy) is 1. The number of aryl methyl sites for hydroxylation is 1. The number of carbonyl (C=O) groups is 1. The van der Waals surface area contributed by atoms with Gasteiger partial charge in [-0.3, -0.25) is 15.1 Å². The van der Waals surface area contributed by atoms with Crippen LogP contribution in [0.4, 0.5) is 10.5 Å². The molecule has 0 saturated carbocycles. The Bertz CT molecular complexity index is 1330. The summed E-state index contributed by atoms with van der Waals surface area (Å²) >= 11 is 1.65. The second-order valence-corrected chi connectivity index (χ2v) is 10.1. The van der Waals surface area contributed by atoms with Crippen LogP contribution in [0.15, 0.2) is 60.1 Å². The molecule has 3 heterocycles. The van der Waals surface area contributed by atoms with Gasteiger partial charge in [-0.15, -0.1) is 11.3 Å². The van der Waals surface area contributed by atoms with Gasteiger partial charge in [-0.2, -0.15) is 0 Å². The van der Waals surface area contributed by atoms with Gasteiger partial charge in [0.25, 0.3) is 0 Å². The molecule has 0 aliphatic carbocycles. The monoisotopic (exact) mass is 519 g/mol. The van der Waals surface area contributed by atoms with Gasteiger partial charge in [-0.25, -0.2) is 9.78 Å². The fourth-order valence-electron chi connectivity index (χ4n) is 4.71. The van der Waals surface area contributed by atoms with Crippen molar-refractivity contribution >= 4 is 34.0 Å². The topological polar surface area (TPSA) is 82.9 Å². The van der Waals surface area contributed by atoms with E-state index in [9.17, 15) is 4.79 Å². The first kappa shape index (κ1) is 25.4. The van der Waals surface area contributed by atoms with Crippen molar-refractivity contribution in [2.24, 2.45) is 0 Å². The van der Waals surface area contributed by atoms with Crippen LogP contribution in [0.25, 0.3) is 21.5 Å². The molecule has 2 aromatic carbocycles. The smallest absolute Gasteiger partial charge is 0.412 e. The molecule has 0 radical (unpaired) electrons. The molecule has 1 amide bonds. The lowest BCUT2D eigenvalue weighted by Crippen LogP contribution is -2.46. The van der Waals surface area contributed by atoms with Gasteiger partial charge in [-0.05, 0) is 30.7 Å². The van der Waals surface area contributed by atoms with E-state index in [4.69, 9.17) is 14.8 Å². The summed E-state index contributed by atoms with van der Waals surface area (Å²) in [4.78, 5) is 22.2. The maximum absolute atomic E-state index is 12.6. The van der Waals surface area contributed by atoms with Crippen molar-refractivity contribution in [1.29, 1.82) is 0 Å². The van der Waals surface area contributed by atoms with Crippen molar-refractivity contribution < 1.29 is 14.6 Å². The van der Waals surface area contributed by atoms with Gasteiger partial charge in [-0.1, -0.05) is 30.3 Å². The summed E-state index contributed by atoms with van der Waals surface area (Å²) in [7, 11) is 0. The summed E-state index contributed by atoms with van der Waals surface area (Å²) in [5.74, 6) is 0. The summed E-state index contributed by atoms with van der Waals surface area (Å²) in [5.41, 5.74) is 4.84. The van der Waals surface area contributed by atoms with E-state index in [2.05, 4.69) is 50.2 Å². The molecule has 2 aromatic heterocycles. The molecule has 0 atom stereocenters. The fourth-order valence-corrected chi connectivity index (χ4v) is 5.52. The van der Waals surface area contributed by atoms with Gasteiger partial charge in [0.05, 0.1) is 23.5 Å². The Morgan fingerprint density at radius 3 is 2.65 bits per heavy atom. The van der Waals surface area contributed by atoms with Gasteiger partial charge in [0.2, 0.25) is 0 Å². The average Bonchev–Trinajstić information content (AvgIpc) is 3.53. The van der Waals surface area contributed by atoms with Crippen molar-refractivity contribution in [2.45, 2.75) is 26.6 Å². The molecule has 0 bridgehead atoms. The number of thiazole rings is 1. The molecule has 1 aliphatic heterocycles. The quantitative estimate of drug-likeness (QED) is 0.335. The molecule has 194 valence electrons. The normalized spacial score (nSPS) is 14.8. The molecule has 5 rings (SSSR count). The molecule has 1 aliphatic rings. The lowest BCUT2D eigenvalue weighted by Gasteiger charge is -2.33. The lowest BCUT2D eigenvalue weighted by atomic mass is 10.1. The number of β-amino-alcohol motifs (C(OH)–C–C–N with tert-alkyl or cyclic N) is 1. The summed E-state index contributed by atoms with van der Waals surface area (Å²) in [5, 5.41) is 16.2. The van der Waals surface area contributed by atoms with E-state index in [1.807, 2.05) is 36.5 Å². The van der Waals surface area contributed by atoms with E-state index in [0.717, 1.165) is 84.2 Å². The Balaban J connectivity index is 1.28. The summed E-state index contributed by atoms with van der Waals surface area (Å²) in [6, 6.07) is 16.0. The van der Waals surface area contributed by atoms with Crippen molar-refractivity contribution in [1.82, 2.24) is 19.4 Å². The number of aliphatic hydroxyl groups is 1. The van der Waals surface area contributed by atoms with Crippen LogP contribution >= 0.6 is 11.3 Å². The number of rotatable bonds is 9. The molecule has 9 heteroatoms. The van der Waals surface area contributed by atoms with Crippen LogP contribution in [-0.4, -0.2) is 69.9 Å². The highest BCUT2D eigenvalue weighted by Crippen LogP contribution is 2.32. The van der Waals surface area contributed by atoms with Crippen LogP contribution in [0.5, 0.6) is 0 Å². The molecule has 0 spiro atoms. The predicted octanol–water partition coefficient (Wildman–Crippen LogP) is 4.64. The number of carbonyl (C=O) groups excluding carboxylic acids is 1. The van der Waals surface area contributed by atoms with Crippen molar-refractivity contribution in [3.05, 3.63) is 71.4 Å². The first-order chi connectivity index (χ1) is 18.1. The van der Waals surface area contributed by atoms with E-state index in [-0.39, 0.29) is 13.2 Å². The lowest BCUT2D eigenvalue weighted by molar-refractivity contribution is 0.108. The highest BCUT2D eigenvalue weighted by atomic mass is 32.1. The minimum atomic E-state index is -0.472. The third kappa shape index (κ3) is 6.19. The van der Waals surface area contributed by atoms with Crippen LogP contribution in [0.1, 0.15) is 18.2 Å². The van der Waals surface area contributed by atoms with E-state index in [1.54, 1.807) is 11.3 Å². The number of fused-ring (bicyclic) bond motifs is 1. The van der Waals surface area contributed by atoms with Crippen LogP contribution < -0.4 is 5.32 Å². The number of piperazine rings is 1. The molecule has 1 saturated heterocycles. The van der Waals surface area contributed by atoms with Gasteiger partial charge in [0.15, 0.2) is 0 Å². The predicted molar refractivity (Wildman–Crippen MR) is 148 cm³/mol. The second kappa shape index (κ2) is 11.9. The number of nitrogens with one attached hydrogen (secondary N) is 1. The summed E-state index contributed by atoms with van der Waals surface area (Å²) in [6.45, 7) is 8.83. The van der Waals surface area contributed by atoms with Gasteiger partial charge in [0, 0.05) is 68.3 Å². The van der Waals surface area contributed by atoms with E-state index < -0.39 is 6.09 Å². The SMILES string of the molecule is CCn1cc(NC(=O)OCc2ccccc2)c2cc(-c3nc(CN4CCN(CCO)CC4)cs3)ccc21. The third-order valence-corrected chi connectivity index (χ3v) is 7.68. The minimum absolute atomic E-state index is 0.216. The molecule has 1 fully saturated rings. The number of nitrogens with zero attached hydrogens (tertiary/aromatic N) is 4. The standard InChI is InChI=1S/C28H33N5O3S/c1-2-33-18-25(30-28(35)36-19-21-6-4-3-5-7-21)24-16-22(8-9-26(24)33)27-29-23(20-37-27)17-32-12-10-31(11-13-32)14-15-34/h3-9,16,18,20,34H,2,10-15,17,19H2,1H3,(H,30,35). The Morgan fingerprint density at radius 1 is 1.11 bits per heavy atom. The zero-order chi connectivity index (χ0) is 25.6. The number of amides is 1. The minimum Gasteiger partial charge on any atom is -0.444 e. The molecule has 0 unspecified atom stereocenters. The highest BCUT2D eigenvalue weighted by molar-refractivity contribution is 7.13.